The van der Waals surface area contributed by atoms with Gasteiger partial charge in [-0.25, -0.2) is 8.37 Å². The van der Waals surface area contributed by atoms with Crippen LogP contribution in [0.3, 0.4) is 0 Å². The Bertz CT molecular complexity index is 213. The van der Waals surface area contributed by atoms with Crippen molar-refractivity contribution in [3.05, 3.63) is 12.7 Å². The van der Waals surface area contributed by atoms with Crippen molar-refractivity contribution in [3.63, 3.8) is 0 Å². The molecule has 0 saturated carbocycles. The van der Waals surface area contributed by atoms with E-state index in [0.29, 0.717) is 0 Å². The standard InChI is InChI=1S/C6H12O5S.Na.H/c1-2-5-10-12(8,9)11-6-3-4-7;;/h2,7H,1,3-6H2;;. The molecule has 74 valence electrons. The van der Waals surface area contributed by atoms with Crippen LogP contribution >= 0.6 is 0 Å². The van der Waals surface area contributed by atoms with Gasteiger partial charge in [-0.3, -0.25) is 0 Å². The van der Waals surface area contributed by atoms with Crippen molar-refractivity contribution in [3.8, 4) is 0 Å². The van der Waals surface area contributed by atoms with Gasteiger partial charge in [0.15, 0.2) is 0 Å². The van der Waals surface area contributed by atoms with Crippen LogP contribution in [0, 0.1) is 0 Å². The minimum atomic E-state index is -3.90. The van der Waals surface area contributed by atoms with Crippen LogP contribution in [-0.4, -0.2) is 62.9 Å². The van der Waals surface area contributed by atoms with Crippen LogP contribution in [0.15, 0.2) is 12.7 Å². The summed E-state index contributed by atoms with van der Waals surface area (Å²) in [5.74, 6) is 0. The van der Waals surface area contributed by atoms with Gasteiger partial charge in [0.2, 0.25) is 0 Å². The summed E-state index contributed by atoms with van der Waals surface area (Å²) in [4.78, 5) is 0. The molecule has 0 radical (unpaired) electrons. The van der Waals surface area contributed by atoms with E-state index >= 15 is 0 Å². The molecular formula is C6H13NaO5S. The number of rotatable bonds is 7. The molecule has 5 nitrogen and oxygen atoms in total. The fraction of sp³-hybridized carbons (Fsp3) is 0.667. The van der Waals surface area contributed by atoms with Crippen LogP contribution in [0.1, 0.15) is 6.42 Å². The average Bonchev–Trinajstić information content (AvgIpc) is 2.01. The number of hydrogen-bond donors (Lipinski definition) is 1. The fourth-order valence-corrected chi connectivity index (χ4v) is 1.04. The number of aliphatic hydroxyl groups excluding tert-OH is 1. The molecule has 0 aromatic heterocycles. The van der Waals surface area contributed by atoms with Crippen molar-refractivity contribution in [1.82, 2.24) is 0 Å². The first-order valence-electron chi connectivity index (χ1n) is 3.38. The zero-order valence-electron chi connectivity index (χ0n) is 6.60. The molecule has 0 aliphatic carbocycles. The summed E-state index contributed by atoms with van der Waals surface area (Å²) < 4.78 is 30.0. The molecule has 0 aromatic rings. The summed E-state index contributed by atoms with van der Waals surface area (Å²) in [5.41, 5.74) is 0. The van der Waals surface area contributed by atoms with Gasteiger partial charge < -0.3 is 5.11 Å². The maximum absolute atomic E-state index is 10.7. The van der Waals surface area contributed by atoms with Gasteiger partial charge in [-0.2, -0.15) is 8.42 Å². The molecule has 0 rings (SSSR count). The Kier molecular flexibility index (Phi) is 11.3. The van der Waals surface area contributed by atoms with Crippen LogP contribution in [0.5, 0.6) is 0 Å². The van der Waals surface area contributed by atoms with Crippen LogP contribution in [-0.2, 0) is 18.8 Å². The van der Waals surface area contributed by atoms with Crippen molar-refractivity contribution < 1.29 is 21.9 Å². The van der Waals surface area contributed by atoms with Gasteiger partial charge in [0.05, 0.1) is 13.2 Å². The quantitative estimate of drug-likeness (QED) is 0.345. The summed E-state index contributed by atoms with van der Waals surface area (Å²) in [6.45, 7) is 2.98. The second-order valence-corrected chi connectivity index (χ2v) is 3.17. The SMILES string of the molecule is C=CCOS(=O)(=O)OCCCO.[NaH]. The van der Waals surface area contributed by atoms with E-state index in [0.717, 1.165) is 0 Å². The van der Waals surface area contributed by atoms with E-state index in [1.54, 1.807) is 0 Å². The Morgan fingerprint density at radius 2 is 2.00 bits per heavy atom. The molecule has 0 aromatic carbocycles. The maximum atomic E-state index is 10.7. The topological polar surface area (TPSA) is 72.8 Å². The van der Waals surface area contributed by atoms with Crippen molar-refractivity contribution >= 4 is 40.0 Å². The Balaban J connectivity index is 0. The third kappa shape index (κ3) is 10.5. The van der Waals surface area contributed by atoms with Crippen LogP contribution in [0.2, 0.25) is 0 Å². The Morgan fingerprint density at radius 3 is 2.46 bits per heavy atom. The molecule has 0 aliphatic heterocycles. The fourth-order valence-electron chi connectivity index (χ4n) is 0.391. The van der Waals surface area contributed by atoms with E-state index in [4.69, 9.17) is 5.11 Å². The molecule has 0 saturated heterocycles. The van der Waals surface area contributed by atoms with Gasteiger partial charge in [0.25, 0.3) is 0 Å². The summed E-state index contributed by atoms with van der Waals surface area (Å²) in [7, 11) is -3.90. The second kappa shape index (κ2) is 9.14. The van der Waals surface area contributed by atoms with E-state index in [2.05, 4.69) is 14.9 Å². The zero-order chi connectivity index (χ0) is 9.45. The monoisotopic (exact) mass is 220 g/mol. The average molecular weight is 220 g/mol. The van der Waals surface area contributed by atoms with Gasteiger partial charge in [-0.1, -0.05) is 6.08 Å². The Hall–Kier alpha value is 0.570. The normalized spacial score (nSPS) is 10.5. The molecule has 0 heterocycles. The van der Waals surface area contributed by atoms with Crippen LogP contribution in [0.25, 0.3) is 0 Å². The van der Waals surface area contributed by atoms with E-state index in [-0.39, 0.29) is 55.8 Å². The summed E-state index contributed by atoms with van der Waals surface area (Å²) in [5, 5.41) is 8.31. The molecule has 0 fully saturated rings. The number of hydrogen-bond acceptors (Lipinski definition) is 5. The first-order valence-corrected chi connectivity index (χ1v) is 4.71. The molecular weight excluding hydrogens is 207 g/mol. The molecule has 7 heteroatoms. The van der Waals surface area contributed by atoms with E-state index in [9.17, 15) is 8.42 Å². The molecule has 1 N–H and O–H groups in total. The molecule has 0 atom stereocenters. The molecule has 0 unspecified atom stereocenters. The van der Waals surface area contributed by atoms with Crippen molar-refractivity contribution in [1.29, 1.82) is 0 Å². The van der Waals surface area contributed by atoms with E-state index in [1.807, 2.05) is 0 Å². The molecule has 13 heavy (non-hydrogen) atoms. The number of aliphatic hydroxyl groups is 1. The van der Waals surface area contributed by atoms with Gasteiger partial charge in [0.1, 0.15) is 0 Å². The first kappa shape index (κ1) is 16.0. The van der Waals surface area contributed by atoms with Gasteiger partial charge in [0, 0.05) is 6.61 Å². The Labute approximate surface area is 100 Å². The predicted molar refractivity (Wildman–Crippen MR) is 49.9 cm³/mol. The van der Waals surface area contributed by atoms with Crippen molar-refractivity contribution in [2.24, 2.45) is 0 Å². The zero-order valence-corrected chi connectivity index (χ0v) is 7.42. The van der Waals surface area contributed by atoms with Crippen molar-refractivity contribution in [2.75, 3.05) is 19.8 Å². The van der Waals surface area contributed by atoms with Crippen LogP contribution < -0.4 is 0 Å². The molecule has 0 spiro atoms. The van der Waals surface area contributed by atoms with E-state index < -0.39 is 10.4 Å². The minimum absolute atomic E-state index is 0. The third-order valence-electron chi connectivity index (χ3n) is 0.860. The summed E-state index contributed by atoms with van der Waals surface area (Å²) in [6.07, 6.45) is 1.56. The van der Waals surface area contributed by atoms with Crippen LogP contribution in [0.4, 0.5) is 0 Å². The predicted octanol–water partition coefficient (Wildman–Crippen LogP) is -0.816. The Morgan fingerprint density at radius 1 is 1.38 bits per heavy atom. The summed E-state index contributed by atoms with van der Waals surface area (Å²) >= 11 is 0. The molecule has 0 aliphatic rings. The first-order chi connectivity index (χ1) is 5.62. The third-order valence-corrected chi connectivity index (χ3v) is 1.74. The molecule has 0 bridgehead atoms. The summed E-state index contributed by atoms with van der Waals surface area (Å²) in [6, 6.07) is 0. The molecule has 0 amide bonds. The van der Waals surface area contributed by atoms with Gasteiger partial charge in [-0.15, -0.1) is 6.58 Å². The van der Waals surface area contributed by atoms with E-state index in [1.165, 1.54) is 6.08 Å². The van der Waals surface area contributed by atoms with Crippen molar-refractivity contribution in [2.45, 2.75) is 6.42 Å². The van der Waals surface area contributed by atoms with Gasteiger partial charge >= 0.3 is 40.0 Å². The van der Waals surface area contributed by atoms with Gasteiger partial charge in [-0.05, 0) is 6.42 Å². The second-order valence-electron chi connectivity index (χ2n) is 1.88.